The van der Waals surface area contributed by atoms with Crippen molar-refractivity contribution < 1.29 is 40.7 Å². The minimum absolute atomic E-state index is 0.0430. The third-order valence-corrected chi connectivity index (χ3v) is 13.6. The Bertz CT molecular complexity index is 1370. The number of likely N-dealkylation sites (N-methyl/N-ethyl adjacent to an activating group) is 1. The Morgan fingerprint density at radius 2 is 1.67 bits per heavy atom. The lowest BCUT2D eigenvalue weighted by Gasteiger charge is -2.40. The summed E-state index contributed by atoms with van der Waals surface area (Å²) in [6.45, 7) is 11.8. The predicted molar refractivity (Wildman–Crippen MR) is 156 cm³/mol. The van der Waals surface area contributed by atoms with Gasteiger partial charge in [-0.2, -0.15) is 13.2 Å². The number of nitrogens with zero attached hydrogens (tertiary/aromatic N) is 2. The number of halogens is 5. The smallest absolute Gasteiger partial charge is 0.491 e. The number of piperidine rings is 1. The van der Waals surface area contributed by atoms with Crippen LogP contribution in [0.15, 0.2) is 36.4 Å². The highest BCUT2D eigenvalue weighted by molar-refractivity contribution is 6.74. The molecule has 2 aromatic carbocycles. The molecule has 4 rings (SSSR count). The van der Waals surface area contributed by atoms with Gasteiger partial charge in [0.25, 0.3) is 0 Å². The highest BCUT2D eigenvalue weighted by Gasteiger charge is 2.46. The molecule has 2 aliphatic heterocycles. The number of rotatable bonds is 7. The first-order valence-corrected chi connectivity index (χ1v) is 17.3. The number of hydrogen-bond acceptors (Lipinski definition) is 6. The highest BCUT2D eigenvalue weighted by atomic mass is 28.4. The third-order valence-electron chi connectivity index (χ3n) is 9.19. The lowest BCUT2D eigenvalue weighted by atomic mass is 9.74. The standard InChI is InChI=1S/C31H39F5N2O4Si/c1-29(2,3)43(5,6)42-23-8-9-25(33)20(16-23)15-21(27(39)41-28(40)31(34,35)36)18-38-13-11-30(12-14-38)19-37(4)26-10-7-22(32)17-24(26)30/h7-10,16-17,21H,11-15,18-19H2,1-6H3. The maximum absolute atomic E-state index is 15.0. The summed E-state index contributed by atoms with van der Waals surface area (Å²) in [5.41, 5.74) is 1.65. The van der Waals surface area contributed by atoms with E-state index in [0.717, 1.165) is 11.3 Å². The molecular formula is C31H39F5N2O4Si. The number of carbonyl (C=O) groups is 2. The SMILES string of the molecule is CN1CC2(CCN(CC(Cc3cc(O[Si](C)(C)C(C)(C)C)ccc3F)C(=O)OC(=O)C(F)(F)F)CC2)c2cc(F)ccc21. The summed E-state index contributed by atoms with van der Waals surface area (Å²) in [6, 6.07) is 8.90. The monoisotopic (exact) mass is 626 g/mol. The molecule has 0 amide bonds. The van der Waals surface area contributed by atoms with E-state index in [1.54, 1.807) is 12.1 Å². The minimum Gasteiger partial charge on any atom is -0.543 e. The second-order valence-corrected chi connectivity index (χ2v) is 18.0. The van der Waals surface area contributed by atoms with Crippen molar-refractivity contribution in [1.82, 2.24) is 4.90 Å². The molecule has 2 aliphatic rings. The van der Waals surface area contributed by atoms with E-state index in [1.807, 2.05) is 25.0 Å². The van der Waals surface area contributed by atoms with E-state index in [9.17, 15) is 27.2 Å². The Labute approximate surface area is 250 Å². The van der Waals surface area contributed by atoms with Gasteiger partial charge in [-0.05, 0) is 98.0 Å². The Kier molecular flexibility index (Phi) is 9.06. The Balaban J connectivity index is 1.54. The summed E-state index contributed by atoms with van der Waals surface area (Å²) in [7, 11) is -0.351. The number of anilines is 1. The molecule has 12 heteroatoms. The molecule has 1 spiro atoms. The zero-order valence-corrected chi connectivity index (χ0v) is 26.4. The van der Waals surface area contributed by atoms with E-state index in [4.69, 9.17) is 4.43 Å². The van der Waals surface area contributed by atoms with Crippen LogP contribution in [0, 0.1) is 17.6 Å². The van der Waals surface area contributed by atoms with Gasteiger partial charge in [0, 0.05) is 31.2 Å². The maximum Gasteiger partial charge on any atom is 0.491 e. The fraction of sp³-hybridized carbons (Fsp3) is 0.548. The number of fused-ring (bicyclic) bond motifs is 2. The van der Waals surface area contributed by atoms with Gasteiger partial charge < -0.3 is 19.0 Å². The van der Waals surface area contributed by atoms with Crippen LogP contribution >= 0.6 is 0 Å². The average Bonchev–Trinajstić information content (AvgIpc) is 3.15. The summed E-state index contributed by atoms with van der Waals surface area (Å²) in [5.74, 6) is -5.80. The molecule has 236 valence electrons. The van der Waals surface area contributed by atoms with Crippen LogP contribution in [0.25, 0.3) is 0 Å². The Morgan fingerprint density at radius 1 is 1.02 bits per heavy atom. The molecule has 2 heterocycles. The van der Waals surface area contributed by atoms with Crippen molar-refractivity contribution >= 4 is 25.9 Å². The summed E-state index contributed by atoms with van der Waals surface area (Å²) >= 11 is 0. The first-order chi connectivity index (χ1) is 19.8. The molecular weight excluding hydrogens is 587 g/mol. The maximum atomic E-state index is 15.0. The van der Waals surface area contributed by atoms with E-state index < -0.39 is 38.2 Å². The van der Waals surface area contributed by atoms with Crippen molar-refractivity contribution in [2.24, 2.45) is 5.92 Å². The van der Waals surface area contributed by atoms with Gasteiger partial charge in [0.15, 0.2) is 0 Å². The molecule has 0 aliphatic carbocycles. The third kappa shape index (κ3) is 7.22. The van der Waals surface area contributed by atoms with Crippen molar-refractivity contribution in [3.63, 3.8) is 0 Å². The molecule has 6 nitrogen and oxygen atoms in total. The summed E-state index contributed by atoms with van der Waals surface area (Å²) in [5, 5.41) is -0.141. The van der Waals surface area contributed by atoms with Crippen LogP contribution in [0.2, 0.25) is 18.1 Å². The largest absolute Gasteiger partial charge is 0.543 e. The van der Waals surface area contributed by atoms with Crippen LogP contribution < -0.4 is 9.33 Å². The summed E-state index contributed by atoms with van der Waals surface area (Å²) in [6.07, 6.45) is -4.39. The lowest BCUT2D eigenvalue weighted by molar-refractivity contribution is -0.203. The summed E-state index contributed by atoms with van der Waals surface area (Å²) in [4.78, 5) is 28.5. The summed E-state index contributed by atoms with van der Waals surface area (Å²) < 4.78 is 78.5. The fourth-order valence-electron chi connectivity index (χ4n) is 5.73. The number of esters is 2. The van der Waals surface area contributed by atoms with Gasteiger partial charge in [0.1, 0.15) is 17.4 Å². The second kappa shape index (κ2) is 11.8. The van der Waals surface area contributed by atoms with Gasteiger partial charge in [-0.3, -0.25) is 4.79 Å². The quantitative estimate of drug-likeness (QED) is 0.149. The van der Waals surface area contributed by atoms with Crippen LogP contribution in [0.3, 0.4) is 0 Å². The predicted octanol–water partition coefficient (Wildman–Crippen LogP) is 6.62. The van der Waals surface area contributed by atoms with Crippen LogP contribution in [-0.2, 0) is 26.2 Å². The molecule has 0 aromatic heterocycles. The molecule has 43 heavy (non-hydrogen) atoms. The van der Waals surface area contributed by atoms with E-state index in [2.05, 4.69) is 30.4 Å². The topological polar surface area (TPSA) is 59.1 Å². The van der Waals surface area contributed by atoms with E-state index in [1.165, 1.54) is 24.3 Å². The van der Waals surface area contributed by atoms with Crippen LogP contribution in [0.1, 0.15) is 44.7 Å². The molecule has 1 saturated heterocycles. The first kappa shape index (κ1) is 32.9. The van der Waals surface area contributed by atoms with E-state index >= 15 is 4.39 Å². The van der Waals surface area contributed by atoms with Crippen LogP contribution in [0.5, 0.6) is 5.75 Å². The van der Waals surface area contributed by atoms with Crippen molar-refractivity contribution in [2.75, 3.05) is 38.1 Å². The number of ether oxygens (including phenoxy) is 1. The second-order valence-electron chi connectivity index (χ2n) is 13.3. The van der Waals surface area contributed by atoms with Crippen LogP contribution in [-0.4, -0.2) is 64.6 Å². The Hall–Kier alpha value is -2.99. The van der Waals surface area contributed by atoms with Gasteiger partial charge >= 0.3 is 18.1 Å². The minimum atomic E-state index is -5.35. The number of alkyl halides is 3. The number of benzene rings is 2. The number of carbonyl (C=O) groups excluding carboxylic acids is 2. The van der Waals surface area contributed by atoms with E-state index in [-0.39, 0.29) is 34.8 Å². The molecule has 1 unspecified atom stereocenters. The van der Waals surface area contributed by atoms with Gasteiger partial charge in [-0.25, -0.2) is 13.6 Å². The normalized spacial score (nSPS) is 18.0. The fourth-order valence-corrected chi connectivity index (χ4v) is 6.75. The molecule has 0 bridgehead atoms. The zero-order chi connectivity index (χ0) is 32.0. The van der Waals surface area contributed by atoms with Crippen molar-refractivity contribution in [1.29, 1.82) is 0 Å². The zero-order valence-electron chi connectivity index (χ0n) is 25.4. The molecule has 0 radical (unpaired) electrons. The van der Waals surface area contributed by atoms with E-state index in [0.29, 0.717) is 38.2 Å². The average molecular weight is 627 g/mol. The molecule has 0 saturated carbocycles. The van der Waals surface area contributed by atoms with Gasteiger partial charge in [-0.15, -0.1) is 0 Å². The molecule has 0 N–H and O–H groups in total. The number of hydrogen-bond donors (Lipinski definition) is 0. The van der Waals surface area contributed by atoms with Gasteiger partial charge in [-0.1, -0.05) is 20.8 Å². The molecule has 1 atom stereocenters. The van der Waals surface area contributed by atoms with Crippen LogP contribution in [0.4, 0.5) is 27.6 Å². The number of likely N-dealkylation sites (tertiary alicyclic amines) is 1. The molecule has 1 fully saturated rings. The van der Waals surface area contributed by atoms with Gasteiger partial charge in [0.05, 0.1) is 5.92 Å². The van der Waals surface area contributed by atoms with Crippen molar-refractivity contribution in [2.45, 2.75) is 69.8 Å². The van der Waals surface area contributed by atoms with Crippen molar-refractivity contribution in [3.05, 3.63) is 59.2 Å². The highest BCUT2D eigenvalue weighted by Crippen LogP contribution is 2.47. The Morgan fingerprint density at radius 3 is 2.28 bits per heavy atom. The van der Waals surface area contributed by atoms with Crippen molar-refractivity contribution in [3.8, 4) is 5.75 Å². The molecule has 2 aromatic rings. The first-order valence-electron chi connectivity index (χ1n) is 14.4. The lowest BCUT2D eigenvalue weighted by Crippen LogP contribution is -2.47. The van der Waals surface area contributed by atoms with Gasteiger partial charge in [0.2, 0.25) is 8.32 Å².